The first-order valence-electron chi connectivity index (χ1n) is 12.3. The molecule has 1 aliphatic rings. The molecular formula is C26H26F4N8O2. The fourth-order valence-electron chi connectivity index (χ4n) is 4.28. The first kappa shape index (κ1) is 27.0. The Balaban J connectivity index is 1.28. The number of carbonyl (C=O) groups is 1. The Hall–Kier alpha value is -4.59. The molecule has 10 nitrogen and oxygen atoms in total. The second-order valence-corrected chi connectivity index (χ2v) is 9.40. The van der Waals surface area contributed by atoms with Gasteiger partial charge < -0.3 is 25.2 Å². The number of alkyl halides is 3. The molecular weight excluding hydrogens is 532 g/mol. The number of pyridine rings is 1. The maximum Gasteiger partial charge on any atom is 0.435 e. The number of hydrogen-bond donors (Lipinski definition) is 3. The van der Waals surface area contributed by atoms with Crippen LogP contribution in [0.3, 0.4) is 0 Å². The molecule has 4 aromatic rings. The number of nitrogens with two attached hydrogens (primary N) is 2. The topological polar surface area (TPSA) is 129 Å². The first-order valence-corrected chi connectivity index (χ1v) is 12.3. The zero-order chi connectivity index (χ0) is 28.6. The Morgan fingerprint density at radius 3 is 2.67 bits per heavy atom. The van der Waals surface area contributed by atoms with Crippen LogP contribution >= 0.6 is 0 Å². The van der Waals surface area contributed by atoms with E-state index >= 15 is 4.39 Å². The SMILES string of the molecule is COc1ccc(-n2ccc(C(F)(F)F)n2)c(CNC(=O)/C(N)=C/N(N)Cc2cn3cc(C4CC4)ccc3n2)c1F. The van der Waals surface area contributed by atoms with Crippen molar-refractivity contribution >= 4 is 11.6 Å². The lowest BCUT2D eigenvalue weighted by atomic mass is 10.1. The molecule has 0 aliphatic heterocycles. The third kappa shape index (κ3) is 5.71. The van der Waals surface area contributed by atoms with Crippen molar-refractivity contribution in [3.05, 3.63) is 89.2 Å². The number of aromatic nitrogens is 4. The third-order valence-corrected chi connectivity index (χ3v) is 6.44. The van der Waals surface area contributed by atoms with Gasteiger partial charge in [0.15, 0.2) is 17.3 Å². The van der Waals surface area contributed by atoms with Crippen LogP contribution in [0.2, 0.25) is 0 Å². The van der Waals surface area contributed by atoms with Gasteiger partial charge in [0.25, 0.3) is 5.91 Å². The molecule has 3 aromatic heterocycles. The molecule has 3 heterocycles. The molecule has 40 heavy (non-hydrogen) atoms. The van der Waals surface area contributed by atoms with Gasteiger partial charge >= 0.3 is 6.18 Å². The summed E-state index contributed by atoms with van der Waals surface area (Å²) < 4.78 is 62.0. The standard InChI is InChI=1S/C26H26F4N8O2/c1-40-21-6-5-20(38-9-8-22(35-38)26(28,29)30)18(24(21)27)10-33-25(39)19(31)14-37(32)13-17-12-36-11-16(15-2-3-15)4-7-23(36)34-17/h4-9,11-12,14-15H,2-3,10,13,31-32H2,1H3,(H,33,39)/b19-14-. The molecule has 0 bridgehead atoms. The van der Waals surface area contributed by atoms with Crippen LogP contribution in [0.15, 0.2) is 60.8 Å². The van der Waals surface area contributed by atoms with Crippen LogP contribution in [0.4, 0.5) is 17.6 Å². The van der Waals surface area contributed by atoms with Gasteiger partial charge in [-0.05, 0) is 48.6 Å². The van der Waals surface area contributed by atoms with Crippen LogP contribution < -0.4 is 21.6 Å². The van der Waals surface area contributed by atoms with E-state index in [1.807, 2.05) is 22.9 Å². The Kier molecular flexibility index (Phi) is 7.10. The maximum absolute atomic E-state index is 15.1. The number of carbonyl (C=O) groups excluding carboxylic acids is 1. The van der Waals surface area contributed by atoms with E-state index in [1.54, 1.807) is 0 Å². The number of nitrogens with one attached hydrogen (secondary N) is 1. The normalized spacial score (nSPS) is 14.0. The summed E-state index contributed by atoms with van der Waals surface area (Å²) in [5.41, 5.74) is 6.98. The van der Waals surface area contributed by atoms with Gasteiger partial charge in [0.2, 0.25) is 0 Å². The van der Waals surface area contributed by atoms with Gasteiger partial charge in [-0.2, -0.15) is 18.3 Å². The summed E-state index contributed by atoms with van der Waals surface area (Å²) in [7, 11) is 1.24. The fraction of sp³-hybridized carbons (Fsp3) is 0.269. The Labute approximate surface area is 225 Å². The van der Waals surface area contributed by atoms with Gasteiger partial charge in [-0.25, -0.2) is 19.9 Å². The largest absolute Gasteiger partial charge is 0.494 e. The van der Waals surface area contributed by atoms with Crippen molar-refractivity contribution in [3.8, 4) is 11.4 Å². The second-order valence-electron chi connectivity index (χ2n) is 9.40. The quantitative estimate of drug-likeness (QED) is 0.124. The van der Waals surface area contributed by atoms with Crippen LogP contribution in [0.1, 0.15) is 41.3 Å². The average Bonchev–Trinajstić information content (AvgIpc) is 3.48. The lowest BCUT2D eigenvalue weighted by Crippen LogP contribution is -2.33. The first-order chi connectivity index (χ1) is 19.0. The van der Waals surface area contributed by atoms with Gasteiger partial charge in [-0.15, -0.1) is 0 Å². The molecule has 5 rings (SSSR count). The Bertz CT molecular complexity index is 1590. The summed E-state index contributed by atoms with van der Waals surface area (Å²) in [4.78, 5) is 17.2. The van der Waals surface area contributed by atoms with E-state index in [-0.39, 0.29) is 29.2 Å². The number of benzene rings is 1. The summed E-state index contributed by atoms with van der Waals surface area (Å²) >= 11 is 0. The lowest BCUT2D eigenvalue weighted by molar-refractivity contribution is -0.141. The van der Waals surface area contributed by atoms with Gasteiger partial charge in [-0.1, -0.05) is 6.07 Å². The van der Waals surface area contributed by atoms with E-state index in [2.05, 4.69) is 21.5 Å². The van der Waals surface area contributed by atoms with Crippen molar-refractivity contribution in [1.29, 1.82) is 0 Å². The van der Waals surface area contributed by atoms with Gasteiger partial charge in [0, 0.05) is 36.9 Å². The minimum atomic E-state index is -4.68. The summed E-state index contributed by atoms with van der Waals surface area (Å²) in [6.45, 7) is -0.267. The fourth-order valence-corrected chi connectivity index (χ4v) is 4.28. The summed E-state index contributed by atoms with van der Waals surface area (Å²) in [6, 6.07) is 7.34. The number of halogens is 4. The van der Waals surface area contributed by atoms with Crippen molar-refractivity contribution < 1.29 is 27.1 Å². The number of rotatable bonds is 9. The van der Waals surface area contributed by atoms with E-state index in [4.69, 9.17) is 16.3 Å². The molecule has 1 aromatic carbocycles. The Morgan fingerprint density at radius 1 is 1.23 bits per heavy atom. The van der Waals surface area contributed by atoms with Crippen molar-refractivity contribution in [3.63, 3.8) is 0 Å². The van der Waals surface area contributed by atoms with Crippen LogP contribution in [0.25, 0.3) is 11.3 Å². The average molecular weight is 559 g/mol. The summed E-state index contributed by atoms with van der Waals surface area (Å²) in [5.74, 6) is 4.82. The molecule has 210 valence electrons. The number of ether oxygens (including phenoxy) is 1. The van der Waals surface area contributed by atoms with Crippen LogP contribution in [0.5, 0.6) is 5.75 Å². The predicted molar refractivity (Wildman–Crippen MR) is 136 cm³/mol. The monoisotopic (exact) mass is 558 g/mol. The van der Waals surface area contributed by atoms with Crippen molar-refractivity contribution in [2.45, 2.75) is 38.0 Å². The molecule has 14 heteroatoms. The number of imidazole rings is 1. The highest BCUT2D eigenvalue weighted by atomic mass is 19.4. The number of amides is 1. The van der Waals surface area contributed by atoms with Crippen LogP contribution in [0, 0.1) is 5.82 Å². The van der Waals surface area contributed by atoms with Crippen molar-refractivity contribution in [2.75, 3.05) is 7.11 Å². The highest BCUT2D eigenvalue weighted by Gasteiger charge is 2.34. The molecule has 0 spiro atoms. The van der Waals surface area contributed by atoms with Gasteiger partial charge in [0.1, 0.15) is 11.3 Å². The van der Waals surface area contributed by atoms with Crippen molar-refractivity contribution in [2.24, 2.45) is 11.6 Å². The summed E-state index contributed by atoms with van der Waals surface area (Å²) in [5, 5.41) is 7.14. The minimum Gasteiger partial charge on any atom is -0.494 e. The minimum absolute atomic E-state index is 0.0196. The van der Waals surface area contributed by atoms with Gasteiger partial charge in [-0.3, -0.25) is 4.79 Å². The van der Waals surface area contributed by atoms with E-state index in [0.29, 0.717) is 11.6 Å². The number of fused-ring (bicyclic) bond motifs is 1. The van der Waals surface area contributed by atoms with Gasteiger partial charge in [0.05, 0.1) is 25.0 Å². The molecule has 1 aliphatic carbocycles. The molecule has 0 unspecified atom stereocenters. The van der Waals surface area contributed by atoms with E-state index in [1.165, 1.54) is 48.9 Å². The number of hydrazine groups is 1. The zero-order valence-corrected chi connectivity index (χ0v) is 21.3. The molecule has 0 saturated heterocycles. The smallest absolute Gasteiger partial charge is 0.435 e. The number of methoxy groups -OCH3 is 1. The molecule has 0 atom stereocenters. The van der Waals surface area contributed by atoms with Crippen LogP contribution in [-0.4, -0.2) is 37.2 Å². The molecule has 0 radical (unpaired) electrons. The molecule has 1 amide bonds. The van der Waals surface area contributed by atoms with Crippen LogP contribution in [-0.2, 0) is 24.1 Å². The highest BCUT2D eigenvalue weighted by Crippen LogP contribution is 2.40. The highest BCUT2D eigenvalue weighted by molar-refractivity contribution is 5.92. The maximum atomic E-state index is 15.1. The van der Waals surface area contributed by atoms with Crippen molar-refractivity contribution in [1.82, 2.24) is 29.5 Å². The number of nitrogens with zero attached hydrogens (tertiary/aromatic N) is 5. The predicted octanol–water partition coefficient (Wildman–Crippen LogP) is 3.36. The third-order valence-electron chi connectivity index (χ3n) is 6.44. The molecule has 1 fully saturated rings. The number of hydrogen-bond acceptors (Lipinski definition) is 7. The summed E-state index contributed by atoms with van der Waals surface area (Å²) in [6.07, 6.45) is 3.83. The van der Waals surface area contributed by atoms with E-state index in [9.17, 15) is 18.0 Å². The molecule has 1 saturated carbocycles. The Morgan fingerprint density at radius 2 is 2.00 bits per heavy atom. The van der Waals surface area contributed by atoms with E-state index in [0.717, 1.165) is 22.6 Å². The second kappa shape index (κ2) is 10.5. The zero-order valence-electron chi connectivity index (χ0n) is 21.3. The van der Waals surface area contributed by atoms with E-state index < -0.39 is 30.1 Å². The molecule has 5 N–H and O–H groups in total. The lowest BCUT2D eigenvalue weighted by Gasteiger charge is -2.16.